The largest absolute Gasteiger partial charge is 0.408 e. The molecule has 25 heavy (non-hydrogen) atoms. The number of hydrogen-bond donors (Lipinski definition) is 1. The average Bonchev–Trinajstić information content (AvgIpc) is 2.55. The molecule has 0 bridgehead atoms. The normalized spacial score (nSPS) is 12.4. The molecule has 0 heterocycles. The summed E-state index contributed by atoms with van der Waals surface area (Å²) in [6.07, 6.45) is -4.25. The topological polar surface area (TPSA) is 66.5 Å². The fourth-order valence-corrected chi connectivity index (χ4v) is 2.42. The highest BCUT2D eigenvalue weighted by atomic mass is 19.4. The molecule has 0 saturated carbocycles. The number of carbonyl (C=O) groups excluding carboxylic acids is 3. The molecule has 0 aliphatic carbocycles. The van der Waals surface area contributed by atoms with Gasteiger partial charge in [0.25, 0.3) is 5.91 Å². The maximum atomic E-state index is 12.9. The Bertz CT molecular complexity index is 617. The lowest BCUT2D eigenvalue weighted by Gasteiger charge is -2.24. The van der Waals surface area contributed by atoms with Crippen molar-refractivity contribution >= 4 is 18.1 Å². The summed E-state index contributed by atoms with van der Waals surface area (Å²) in [5, 5.41) is 1.88. The number of carbonyl (C=O) groups is 3. The van der Waals surface area contributed by atoms with E-state index in [1.165, 1.54) is 17.0 Å². The van der Waals surface area contributed by atoms with Crippen molar-refractivity contribution in [1.29, 1.82) is 0 Å². The number of nitrogens with zero attached hydrogens (tertiary/aromatic N) is 1. The van der Waals surface area contributed by atoms with Crippen LogP contribution in [0.25, 0.3) is 0 Å². The molecule has 1 unspecified atom stereocenters. The monoisotopic (exact) mass is 358 g/mol. The van der Waals surface area contributed by atoms with Crippen molar-refractivity contribution in [3.63, 3.8) is 0 Å². The van der Waals surface area contributed by atoms with Crippen LogP contribution in [-0.2, 0) is 4.79 Å². The van der Waals surface area contributed by atoms with Crippen LogP contribution >= 0.6 is 0 Å². The molecule has 1 aromatic rings. The summed E-state index contributed by atoms with van der Waals surface area (Å²) in [6.45, 7) is 3.12. The highest BCUT2D eigenvalue weighted by Gasteiger charge is 2.39. The van der Waals surface area contributed by atoms with E-state index in [1.807, 2.05) is 5.32 Å². The lowest BCUT2D eigenvalue weighted by molar-refractivity contribution is -0.162. The predicted octanol–water partition coefficient (Wildman–Crippen LogP) is 2.81. The van der Waals surface area contributed by atoms with Crippen LogP contribution in [0.3, 0.4) is 0 Å². The van der Waals surface area contributed by atoms with Crippen molar-refractivity contribution in [3.8, 4) is 0 Å². The first kappa shape index (κ1) is 20.7. The SMILES string of the molecule is CCN(CCCC(NC(C)=O)C(F)(F)F)C(=O)c1ccccc1C=O. The van der Waals surface area contributed by atoms with Crippen LogP contribution in [0.4, 0.5) is 13.2 Å². The van der Waals surface area contributed by atoms with E-state index in [9.17, 15) is 27.6 Å². The molecule has 0 fully saturated rings. The fourth-order valence-electron chi connectivity index (χ4n) is 2.42. The van der Waals surface area contributed by atoms with E-state index >= 15 is 0 Å². The Balaban J connectivity index is 2.74. The van der Waals surface area contributed by atoms with E-state index < -0.39 is 24.0 Å². The van der Waals surface area contributed by atoms with Crippen molar-refractivity contribution in [3.05, 3.63) is 35.4 Å². The van der Waals surface area contributed by atoms with Crippen molar-refractivity contribution in [2.45, 2.75) is 38.9 Å². The van der Waals surface area contributed by atoms with Gasteiger partial charge in [-0.1, -0.05) is 18.2 Å². The van der Waals surface area contributed by atoms with E-state index in [-0.39, 0.29) is 30.5 Å². The fraction of sp³-hybridized carbons (Fsp3) is 0.471. The van der Waals surface area contributed by atoms with Gasteiger partial charge in [0.2, 0.25) is 5.91 Å². The number of hydrogen-bond acceptors (Lipinski definition) is 3. The average molecular weight is 358 g/mol. The van der Waals surface area contributed by atoms with Gasteiger partial charge in [0.15, 0.2) is 6.29 Å². The smallest absolute Gasteiger partial charge is 0.345 e. The summed E-state index contributed by atoms with van der Waals surface area (Å²) in [4.78, 5) is 35.8. The second kappa shape index (κ2) is 9.19. The maximum absolute atomic E-state index is 12.9. The molecule has 5 nitrogen and oxygen atoms in total. The van der Waals surface area contributed by atoms with Crippen LogP contribution in [-0.4, -0.2) is 48.3 Å². The van der Waals surface area contributed by atoms with Gasteiger partial charge in [-0.05, 0) is 25.8 Å². The summed E-state index contributed by atoms with van der Waals surface area (Å²) in [6, 6.07) is 4.30. The predicted molar refractivity (Wildman–Crippen MR) is 86.3 cm³/mol. The number of halogens is 3. The van der Waals surface area contributed by atoms with Gasteiger partial charge in [-0.2, -0.15) is 13.2 Å². The van der Waals surface area contributed by atoms with Gasteiger partial charge in [-0.25, -0.2) is 0 Å². The molecule has 1 N–H and O–H groups in total. The van der Waals surface area contributed by atoms with E-state index in [1.54, 1.807) is 19.1 Å². The van der Waals surface area contributed by atoms with Crippen molar-refractivity contribution in [2.75, 3.05) is 13.1 Å². The number of benzene rings is 1. The Hall–Kier alpha value is -2.38. The molecule has 0 aromatic heterocycles. The molecule has 1 rings (SSSR count). The summed E-state index contributed by atoms with van der Waals surface area (Å²) in [5.74, 6) is -1.17. The molecule has 0 aliphatic rings. The number of nitrogens with one attached hydrogen (secondary N) is 1. The minimum atomic E-state index is -4.54. The quantitative estimate of drug-likeness (QED) is 0.727. The van der Waals surface area contributed by atoms with Crippen LogP contribution in [0.2, 0.25) is 0 Å². The number of aldehydes is 1. The molecule has 0 saturated heterocycles. The number of alkyl halides is 3. The van der Waals surface area contributed by atoms with Crippen LogP contribution < -0.4 is 5.32 Å². The first-order valence-corrected chi connectivity index (χ1v) is 7.88. The number of amides is 2. The summed E-state index contributed by atoms with van der Waals surface area (Å²) in [5.41, 5.74) is 0.450. The molecule has 2 amide bonds. The zero-order chi connectivity index (χ0) is 19.0. The van der Waals surface area contributed by atoms with Crippen molar-refractivity contribution in [1.82, 2.24) is 10.2 Å². The third-order valence-electron chi connectivity index (χ3n) is 3.68. The zero-order valence-corrected chi connectivity index (χ0v) is 14.1. The molecular formula is C17H21F3N2O3. The third kappa shape index (κ3) is 6.21. The molecule has 8 heteroatoms. The lowest BCUT2D eigenvalue weighted by atomic mass is 10.1. The minimum absolute atomic E-state index is 0.0628. The van der Waals surface area contributed by atoms with Gasteiger partial charge in [0.05, 0.1) is 5.56 Å². The summed E-state index contributed by atoms with van der Waals surface area (Å²) in [7, 11) is 0. The van der Waals surface area contributed by atoms with E-state index in [4.69, 9.17) is 0 Å². The first-order valence-electron chi connectivity index (χ1n) is 7.88. The molecule has 0 aliphatic heterocycles. The van der Waals surface area contributed by atoms with Gasteiger partial charge < -0.3 is 10.2 Å². The molecule has 0 radical (unpaired) electrons. The van der Waals surface area contributed by atoms with Gasteiger partial charge in [-0.3, -0.25) is 14.4 Å². The highest BCUT2D eigenvalue weighted by Crippen LogP contribution is 2.23. The van der Waals surface area contributed by atoms with Crippen LogP contribution in [0.1, 0.15) is 47.4 Å². The highest BCUT2D eigenvalue weighted by molar-refractivity contribution is 6.01. The van der Waals surface area contributed by atoms with E-state index in [0.717, 1.165) is 6.92 Å². The second-order valence-corrected chi connectivity index (χ2v) is 5.53. The van der Waals surface area contributed by atoms with Crippen molar-refractivity contribution < 1.29 is 27.6 Å². The Morgan fingerprint density at radius 3 is 2.44 bits per heavy atom. The lowest BCUT2D eigenvalue weighted by Crippen LogP contribution is -2.45. The summed E-state index contributed by atoms with van der Waals surface area (Å²) < 4.78 is 38.6. The Morgan fingerprint density at radius 1 is 1.28 bits per heavy atom. The first-order chi connectivity index (χ1) is 11.7. The van der Waals surface area contributed by atoms with Crippen LogP contribution in [0.5, 0.6) is 0 Å². The minimum Gasteiger partial charge on any atom is -0.345 e. The Kier molecular flexibility index (Phi) is 7.60. The molecule has 138 valence electrons. The third-order valence-corrected chi connectivity index (χ3v) is 3.68. The Morgan fingerprint density at radius 2 is 1.92 bits per heavy atom. The molecular weight excluding hydrogens is 337 g/mol. The molecule has 0 spiro atoms. The van der Waals surface area contributed by atoms with Gasteiger partial charge in [0.1, 0.15) is 6.04 Å². The standard InChI is InChI=1S/C17H21F3N2O3/c1-3-22(16(25)14-8-5-4-7-13(14)11-23)10-6-9-15(17(18,19)20)21-12(2)24/h4-5,7-8,11,15H,3,6,9-10H2,1-2H3,(H,21,24). The molecule has 1 atom stereocenters. The van der Waals surface area contributed by atoms with Gasteiger partial charge in [-0.15, -0.1) is 0 Å². The van der Waals surface area contributed by atoms with Gasteiger partial charge >= 0.3 is 6.18 Å². The Labute approximate surface area is 144 Å². The second-order valence-electron chi connectivity index (χ2n) is 5.53. The van der Waals surface area contributed by atoms with Crippen LogP contribution in [0.15, 0.2) is 24.3 Å². The van der Waals surface area contributed by atoms with Crippen molar-refractivity contribution in [2.24, 2.45) is 0 Å². The zero-order valence-electron chi connectivity index (χ0n) is 14.1. The van der Waals surface area contributed by atoms with Crippen LogP contribution in [0, 0.1) is 0 Å². The molecule has 1 aromatic carbocycles. The van der Waals surface area contributed by atoms with E-state index in [0.29, 0.717) is 12.8 Å². The van der Waals surface area contributed by atoms with E-state index in [2.05, 4.69) is 0 Å². The van der Waals surface area contributed by atoms with Gasteiger partial charge in [0, 0.05) is 25.6 Å². The number of rotatable bonds is 8. The maximum Gasteiger partial charge on any atom is 0.408 e. The summed E-state index contributed by atoms with van der Waals surface area (Å²) >= 11 is 0.